The Hall–Kier alpha value is -3.35. The third-order valence-corrected chi connectivity index (χ3v) is 4.01. The van der Waals surface area contributed by atoms with Gasteiger partial charge >= 0.3 is 5.97 Å². The molecule has 2 heterocycles. The van der Waals surface area contributed by atoms with Gasteiger partial charge in [0.25, 0.3) is 5.91 Å². The first kappa shape index (κ1) is 17.5. The van der Waals surface area contributed by atoms with E-state index < -0.39 is 17.9 Å². The number of carbonyl (C=O) groups is 2. The second kappa shape index (κ2) is 7.26. The van der Waals surface area contributed by atoms with Gasteiger partial charge < -0.3 is 15.0 Å². The standard InChI is InChI=1S/C19H20N4O3/c1-13(2)17(19(25)26)20-18(24)15-12-16(22-10-6-7-11-22)23(21-15)14-8-4-3-5-9-14/h3-13,17H,1-2H3,(H,20,24)(H,25,26)/t17-/m0/s1. The van der Waals surface area contributed by atoms with Gasteiger partial charge in [0.1, 0.15) is 11.9 Å². The predicted molar refractivity (Wildman–Crippen MR) is 96.6 cm³/mol. The summed E-state index contributed by atoms with van der Waals surface area (Å²) in [6.45, 7) is 3.49. The van der Waals surface area contributed by atoms with Crippen LogP contribution in [0.5, 0.6) is 0 Å². The molecule has 2 N–H and O–H groups in total. The lowest BCUT2D eigenvalue weighted by molar-refractivity contribution is -0.140. The van der Waals surface area contributed by atoms with Crippen LogP contribution in [-0.2, 0) is 4.79 Å². The van der Waals surface area contributed by atoms with Crippen molar-refractivity contribution in [1.29, 1.82) is 0 Å². The summed E-state index contributed by atoms with van der Waals surface area (Å²) in [7, 11) is 0. The van der Waals surface area contributed by atoms with Gasteiger partial charge in [-0.1, -0.05) is 32.0 Å². The van der Waals surface area contributed by atoms with E-state index in [0.29, 0.717) is 5.82 Å². The van der Waals surface area contributed by atoms with Crippen LogP contribution in [-0.4, -0.2) is 37.4 Å². The zero-order chi connectivity index (χ0) is 18.7. The SMILES string of the molecule is CC(C)[C@H](NC(=O)c1cc(-n2cccc2)n(-c2ccccc2)n1)C(=O)O. The molecule has 0 spiro atoms. The summed E-state index contributed by atoms with van der Waals surface area (Å²) in [6, 6.07) is 13.9. The zero-order valence-corrected chi connectivity index (χ0v) is 14.5. The molecule has 1 atom stereocenters. The number of carboxylic acid groups (broad SMARTS) is 1. The molecular formula is C19H20N4O3. The van der Waals surface area contributed by atoms with Crippen molar-refractivity contribution in [3.8, 4) is 11.5 Å². The number of nitrogens with one attached hydrogen (secondary N) is 1. The minimum atomic E-state index is -1.07. The molecule has 0 saturated carbocycles. The molecule has 3 rings (SSSR count). The van der Waals surface area contributed by atoms with Crippen LogP contribution in [0.2, 0.25) is 0 Å². The van der Waals surface area contributed by atoms with E-state index in [4.69, 9.17) is 0 Å². The number of nitrogens with zero attached hydrogens (tertiary/aromatic N) is 3. The molecule has 26 heavy (non-hydrogen) atoms. The number of carboxylic acids is 1. The minimum absolute atomic E-state index is 0.157. The molecule has 0 aliphatic rings. The van der Waals surface area contributed by atoms with Crippen molar-refractivity contribution < 1.29 is 14.7 Å². The van der Waals surface area contributed by atoms with E-state index in [-0.39, 0.29) is 11.6 Å². The van der Waals surface area contributed by atoms with Gasteiger partial charge in [-0.3, -0.25) is 4.79 Å². The molecule has 0 radical (unpaired) electrons. The van der Waals surface area contributed by atoms with Crippen molar-refractivity contribution in [2.45, 2.75) is 19.9 Å². The van der Waals surface area contributed by atoms with Crippen LogP contribution < -0.4 is 5.32 Å². The van der Waals surface area contributed by atoms with Gasteiger partial charge in [0.15, 0.2) is 5.69 Å². The molecule has 1 aromatic carbocycles. The van der Waals surface area contributed by atoms with Crippen LogP contribution in [0.25, 0.3) is 11.5 Å². The molecule has 134 valence electrons. The number of hydrogen-bond donors (Lipinski definition) is 2. The third kappa shape index (κ3) is 3.51. The second-order valence-corrected chi connectivity index (χ2v) is 6.26. The van der Waals surface area contributed by atoms with Gasteiger partial charge in [-0.15, -0.1) is 0 Å². The van der Waals surface area contributed by atoms with E-state index in [0.717, 1.165) is 5.69 Å². The molecule has 0 fully saturated rings. The first-order valence-electron chi connectivity index (χ1n) is 8.30. The van der Waals surface area contributed by atoms with E-state index >= 15 is 0 Å². The molecule has 0 bridgehead atoms. The second-order valence-electron chi connectivity index (χ2n) is 6.26. The highest BCUT2D eigenvalue weighted by Gasteiger charge is 2.26. The van der Waals surface area contributed by atoms with E-state index in [1.165, 1.54) is 0 Å². The average molecular weight is 352 g/mol. The molecule has 0 unspecified atom stereocenters. The van der Waals surface area contributed by atoms with Gasteiger partial charge in [0.05, 0.1) is 5.69 Å². The van der Waals surface area contributed by atoms with Gasteiger partial charge in [0.2, 0.25) is 0 Å². The molecule has 0 aliphatic carbocycles. The largest absolute Gasteiger partial charge is 0.480 e. The summed E-state index contributed by atoms with van der Waals surface area (Å²) >= 11 is 0. The number of hydrogen-bond acceptors (Lipinski definition) is 3. The van der Waals surface area contributed by atoms with Crippen LogP contribution in [0.4, 0.5) is 0 Å². The van der Waals surface area contributed by atoms with E-state index in [2.05, 4.69) is 10.4 Å². The fraction of sp³-hybridized carbons (Fsp3) is 0.211. The molecule has 2 aromatic heterocycles. The molecule has 7 heteroatoms. The predicted octanol–water partition coefficient (Wildman–Crippen LogP) is 2.50. The molecule has 0 aliphatic heterocycles. The average Bonchev–Trinajstić information content (AvgIpc) is 3.28. The van der Waals surface area contributed by atoms with Gasteiger partial charge in [-0.25, -0.2) is 9.48 Å². The molecule has 1 amide bonds. The number of aliphatic carboxylic acids is 1. The number of benzene rings is 1. The number of aromatic nitrogens is 3. The Bertz CT molecular complexity index is 898. The highest BCUT2D eigenvalue weighted by molar-refractivity contribution is 5.95. The Morgan fingerprint density at radius 2 is 1.73 bits per heavy atom. The van der Waals surface area contributed by atoms with Gasteiger partial charge in [0, 0.05) is 18.5 Å². The van der Waals surface area contributed by atoms with Crippen molar-refractivity contribution in [2.75, 3.05) is 0 Å². The molecule has 0 saturated heterocycles. The first-order chi connectivity index (χ1) is 12.5. The van der Waals surface area contributed by atoms with Crippen LogP contribution in [0.1, 0.15) is 24.3 Å². The number of carbonyl (C=O) groups excluding carboxylic acids is 1. The topological polar surface area (TPSA) is 89.2 Å². The molecule has 7 nitrogen and oxygen atoms in total. The summed E-state index contributed by atoms with van der Waals surface area (Å²) in [5.41, 5.74) is 0.957. The van der Waals surface area contributed by atoms with Crippen molar-refractivity contribution in [3.05, 3.63) is 66.6 Å². The first-order valence-corrected chi connectivity index (χ1v) is 8.30. The monoisotopic (exact) mass is 352 g/mol. The highest BCUT2D eigenvalue weighted by Crippen LogP contribution is 2.17. The number of rotatable bonds is 6. The molecular weight excluding hydrogens is 332 g/mol. The van der Waals surface area contributed by atoms with Gasteiger partial charge in [-0.2, -0.15) is 5.10 Å². The van der Waals surface area contributed by atoms with Crippen LogP contribution >= 0.6 is 0 Å². The van der Waals surface area contributed by atoms with Crippen molar-refractivity contribution in [3.63, 3.8) is 0 Å². The highest BCUT2D eigenvalue weighted by atomic mass is 16.4. The quantitative estimate of drug-likeness (QED) is 0.713. The fourth-order valence-corrected chi connectivity index (χ4v) is 2.64. The van der Waals surface area contributed by atoms with Crippen molar-refractivity contribution in [2.24, 2.45) is 5.92 Å². The zero-order valence-electron chi connectivity index (χ0n) is 14.5. The third-order valence-electron chi connectivity index (χ3n) is 4.01. The van der Waals surface area contributed by atoms with Crippen molar-refractivity contribution in [1.82, 2.24) is 19.7 Å². The summed E-state index contributed by atoms with van der Waals surface area (Å²) < 4.78 is 3.49. The van der Waals surface area contributed by atoms with Gasteiger partial charge in [-0.05, 0) is 30.2 Å². The van der Waals surface area contributed by atoms with Crippen LogP contribution in [0.3, 0.4) is 0 Å². The lowest BCUT2D eigenvalue weighted by Crippen LogP contribution is -2.44. The number of amides is 1. The maximum Gasteiger partial charge on any atom is 0.326 e. The Labute approximate surface area is 150 Å². The van der Waals surface area contributed by atoms with E-state index in [9.17, 15) is 14.7 Å². The maximum absolute atomic E-state index is 12.6. The Kier molecular flexibility index (Phi) is 4.88. The number of para-hydroxylation sites is 1. The Morgan fingerprint density at radius 1 is 1.08 bits per heavy atom. The lowest BCUT2D eigenvalue weighted by atomic mass is 10.0. The molecule has 3 aromatic rings. The van der Waals surface area contributed by atoms with E-state index in [1.807, 2.05) is 59.4 Å². The van der Waals surface area contributed by atoms with Crippen LogP contribution in [0.15, 0.2) is 60.9 Å². The van der Waals surface area contributed by atoms with E-state index in [1.54, 1.807) is 24.6 Å². The Morgan fingerprint density at radius 3 is 2.31 bits per heavy atom. The smallest absolute Gasteiger partial charge is 0.326 e. The normalized spacial score (nSPS) is 12.1. The lowest BCUT2D eigenvalue weighted by Gasteiger charge is -2.16. The van der Waals surface area contributed by atoms with Crippen molar-refractivity contribution >= 4 is 11.9 Å². The fourth-order valence-electron chi connectivity index (χ4n) is 2.64. The van der Waals surface area contributed by atoms with Crippen LogP contribution in [0, 0.1) is 5.92 Å². The maximum atomic E-state index is 12.6. The minimum Gasteiger partial charge on any atom is -0.480 e. The summed E-state index contributed by atoms with van der Waals surface area (Å²) in [4.78, 5) is 23.9. The summed E-state index contributed by atoms with van der Waals surface area (Å²) in [6.07, 6.45) is 3.71. The summed E-state index contributed by atoms with van der Waals surface area (Å²) in [5.74, 6) is -1.14. The Balaban J connectivity index is 1.99. The summed E-state index contributed by atoms with van der Waals surface area (Å²) in [5, 5.41) is 16.2.